The van der Waals surface area contributed by atoms with Crippen molar-refractivity contribution in [1.82, 2.24) is 0 Å². The van der Waals surface area contributed by atoms with Crippen LogP contribution in [0.5, 0.6) is 11.5 Å². The molecule has 5 nitrogen and oxygen atoms in total. The van der Waals surface area contributed by atoms with Crippen LogP contribution in [-0.2, 0) is 10.0 Å². The van der Waals surface area contributed by atoms with Crippen LogP contribution in [0.15, 0.2) is 47.4 Å². The third-order valence-electron chi connectivity index (χ3n) is 2.37. The summed E-state index contributed by atoms with van der Waals surface area (Å²) < 4.78 is 41.1. The van der Waals surface area contributed by atoms with E-state index in [9.17, 15) is 12.8 Å². The Morgan fingerprint density at radius 1 is 1.05 bits per heavy atom. The zero-order valence-electron chi connectivity index (χ0n) is 9.71. The lowest BCUT2D eigenvalue weighted by Gasteiger charge is -2.09. The summed E-state index contributed by atoms with van der Waals surface area (Å²) >= 11 is 0. The van der Waals surface area contributed by atoms with Gasteiger partial charge >= 0.3 is 0 Å². The molecule has 0 radical (unpaired) electrons. The summed E-state index contributed by atoms with van der Waals surface area (Å²) in [6, 6.07) is 9.71. The number of primary sulfonamides is 1. The molecule has 2 aromatic carbocycles. The lowest BCUT2D eigenvalue weighted by atomic mass is 10.3. The van der Waals surface area contributed by atoms with E-state index in [1.807, 2.05) is 0 Å². The van der Waals surface area contributed by atoms with Gasteiger partial charge < -0.3 is 10.5 Å². The monoisotopic (exact) mass is 282 g/mol. The fourth-order valence-electron chi connectivity index (χ4n) is 1.43. The minimum atomic E-state index is -3.94. The van der Waals surface area contributed by atoms with Crippen LogP contribution >= 0.6 is 0 Å². The van der Waals surface area contributed by atoms with Gasteiger partial charge in [0, 0.05) is 0 Å². The van der Waals surface area contributed by atoms with Gasteiger partial charge in [-0.25, -0.2) is 17.9 Å². The highest BCUT2D eigenvalue weighted by Crippen LogP contribution is 2.29. The van der Waals surface area contributed by atoms with Gasteiger partial charge in [-0.15, -0.1) is 0 Å². The highest BCUT2D eigenvalue weighted by Gasteiger charge is 2.13. The normalized spacial score (nSPS) is 11.3. The molecule has 0 aliphatic carbocycles. The first-order valence-electron chi connectivity index (χ1n) is 5.22. The summed E-state index contributed by atoms with van der Waals surface area (Å²) in [4.78, 5) is -0.321. The van der Waals surface area contributed by atoms with Gasteiger partial charge in [-0.05, 0) is 30.3 Å². The molecule has 0 bridgehead atoms. The van der Waals surface area contributed by atoms with Crippen LogP contribution in [-0.4, -0.2) is 8.42 Å². The molecule has 0 fully saturated rings. The quantitative estimate of drug-likeness (QED) is 0.840. The van der Waals surface area contributed by atoms with Crippen molar-refractivity contribution in [3.8, 4) is 11.5 Å². The number of ether oxygens (including phenoxy) is 1. The first-order chi connectivity index (χ1) is 8.88. The van der Waals surface area contributed by atoms with E-state index >= 15 is 0 Å². The summed E-state index contributed by atoms with van der Waals surface area (Å²) in [5.74, 6) is -0.690. The molecular weight excluding hydrogens is 271 g/mol. The number of nitrogens with two attached hydrogens (primary N) is 2. The van der Waals surface area contributed by atoms with Crippen molar-refractivity contribution in [1.29, 1.82) is 0 Å². The Labute approximate surface area is 109 Å². The van der Waals surface area contributed by atoms with Crippen molar-refractivity contribution in [2.45, 2.75) is 4.90 Å². The molecule has 7 heteroatoms. The molecule has 0 saturated heterocycles. The molecule has 0 saturated carbocycles. The van der Waals surface area contributed by atoms with E-state index in [4.69, 9.17) is 15.6 Å². The predicted octanol–water partition coefficient (Wildman–Crippen LogP) is 1.85. The van der Waals surface area contributed by atoms with Crippen LogP contribution in [0.1, 0.15) is 0 Å². The van der Waals surface area contributed by atoms with E-state index < -0.39 is 15.8 Å². The lowest BCUT2D eigenvalue weighted by Crippen LogP contribution is -2.12. The van der Waals surface area contributed by atoms with Crippen LogP contribution in [0, 0.1) is 5.82 Å². The lowest BCUT2D eigenvalue weighted by molar-refractivity contribution is 0.442. The molecule has 0 atom stereocenters. The fourth-order valence-corrected chi connectivity index (χ4v) is 1.96. The fraction of sp³-hybridized carbons (Fsp3) is 0. The topological polar surface area (TPSA) is 95.4 Å². The van der Waals surface area contributed by atoms with Gasteiger partial charge in [0.15, 0.2) is 11.6 Å². The molecule has 2 aromatic rings. The molecule has 0 unspecified atom stereocenters. The molecule has 19 heavy (non-hydrogen) atoms. The molecular formula is C12H11FN2O3S. The highest BCUT2D eigenvalue weighted by atomic mass is 32.2. The van der Waals surface area contributed by atoms with E-state index in [1.54, 1.807) is 24.3 Å². The number of benzene rings is 2. The summed E-state index contributed by atoms with van der Waals surface area (Å²) in [6.07, 6.45) is 0. The Balaban J connectivity index is 2.36. The van der Waals surface area contributed by atoms with E-state index in [-0.39, 0.29) is 16.4 Å². The Morgan fingerprint density at radius 3 is 2.32 bits per heavy atom. The molecule has 100 valence electrons. The van der Waals surface area contributed by atoms with Crippen molar-refractivity contribution in [3.05, 3.63) is 48.3 Å². The van der Waals surface area contributed by atoms with Crippen molar-refractivity contribution in [2.75, 3.05) is 5.73 Å². The Bertz CT molecular complexity index is 717. The number of halogens is 1. The number of hydrogen-bond donors (Lipinski definition) is 2. The molecule has 0 amide bonds. The van der Waals surface area contributed by atoms with Crippen LogP contribution in [0.4, 0.5) is 10.1 Å². The number of rotatable bonds is 3. The first-order valence-corrected chi connectivity index (χ1v) is 6.77. The highest BCUT2D eigenvalue weighted by molar-refractivity contribution is 7.89. The van der Waals surface area contributed by atoms with Gasteiger partial charge in [-0.3, -0.25) is 0 Å². The van der Waals surface area contributed by atoms with Crippen LogP contribution in [0.2, 0.25) is 0 Å². The maximum atomic E-state index is 13.7. The second-order valence-corrected chi connectivity index (χ2v) is 5.34. The molecule has 0 aliphatic rings. The van der Waals surface area contributed by atoms with E-state index in [2.05, 4.69) is 0 Å². The number of hydrogen-bond acceptors (Lipinski definition) is 4. The van der Waals surface area contributed by atoms with Crippen LogP contribution in [0.3, 0.4) is 0 Å². The average molecular weight is 282 g/mol. The van der Waals surface area contributed by atoms with E-state index in [0.29, 0.717) is 5.69 Å². The molecule has 0 heterocycles. The second-order valence-electron chi connectivity index (χ2n) is 3.78. The van der Waals surface area contributed by atoms with Crippen molar-refractivity contribution in [3.63, 3.8) is 0 Å². The Kier molecular flexibility index (Phi) is 3.41. The van der Waals surface area contributed by atoms with Crippen molar-refractivity contribution >= 4 is 15.7 Å². The summed E-state index contributed by atoms with van der Waals surface area (Å²) in [7, 11) is -3.94. The number of sulfonamides is 1. The van der Waals surface area contributed by atoms with Gasteiger partial charge in [0.1, 0.15) is 5.75 Å². The largest absolute Gasteiger partial charge is 0.452 e. The van der Waals surface area contributed by atoms with Gasteiger partial charge in [0.25, 0.3) is 0 Å². The van der Waals surface area contributed by atoms with Gasteiger partial charge in [0.2, 0.25) is 10.0 Å². The maximum absolute atomic E-state index is 13.7. The van der Waals surface area contributed by atoms with Gasteiger partial charge in [0.05, 0.1) is 10.6 Å². The smallest absolute Gasteiger partial charge is 0.238 e. The summed E-state index contributed by atoms with van der Waals surface area (Å²) in [5.41, 5.74) is 6.00. The molecule has 2 rings (SSSR count). The Hall–Kier alpha value is -2.12. The van der Waals surface area contributed by atoms with Crippen molar-refractivity contribution in [2.24, 2.45) is 5.14 Å². The minimum Gasteiger partial charge on any atom is -0.452 e. The molecule has 0 aromatic heterocycles. The zero-order valence-corrected chi connectivity index (χ0v) is 10.5. The van der Waals surface area contributed by atoms with Crippen LogP contribution in [0.25, 0.3) is 0 Å². The third kappa shape index (κ3) is 3.01. The summed E-state index contributed by atoms with van der Waals surface area (Å²) in [6.45, 7) is 0. The maximum Gasteiger partial charge on any atom is 0.238 e. The van der Waals surface area contributed by atoms with Crippen LogP contribution < -0.4 is 15.6 Å². The SMILES string of the molecule is Nc1ccccc1Oc1ccc(S(N)(=O)=O)cc1F. The minimum absolute atomic E-state index is 0.134. The van der Waals surface area contributed by atoms with Gasteiger partial charge in [-0.1, -0.05) is 12.1 Å². The molecule has 4 N–H and O–H groups in total. The van der Waals surface area contributed by atoms with Gasteiger partial charge in [-0.2, -0.15) is 0 Å². The van der Waals surface area contributed by atoms with E-state index in [1.165, 1.54) is 6.07 Å². The predicted molar refractivity (Wildman–Crippen MR) is 68.7 cm³/mol. The Morgan fingerprint density at radius 2 is 1.74 bits per heavy atom. The molecule has 0 spiro atoms. The number of nitrogen functional groups attached to an aromatic ring is 1. The number of anilines is 1. The van der Waals surface area contributed by atoms with Crippen molar-refractivity contribution < 1.29 is 17.5 Å². The first kappa shape index (κ1) is 13.3. The number of para-hydroxylation sites is 2. The standard InChI is InChI=1S/C12H11FN2O3S/c13-9-7-8(19(15,16)17)5-6-11(9)18-12-4-2-1-3-10(12)14/h1-7H,14H2,(H2,15,16,17). The third-order valence-corrected chi connectivity index (χ3v) is 3.28. The second kappa shape index (κ2) is 4.87. The molecule has 0 aliphatic heterocycles. The summed E-state index contributed by atoms with van der Waals surface area (Å²) in [5, 5.41) is 4.90. The van der Waals surface area contributed by atoms with E-state index in [0.717, 1.165) is 12.1 Å². The zero-order chi connectivity index (χ0) is 14.0. The average Bonchev–Trinajstić information content (AvgIpc) is 2.33.